The van der Waals surface area contributed by atoms with Gasteiger partial charge in [0.1, 0.15) is 5.75 Å². The topological polar surface area (TPSA) is 71.1 Å². The summed E-state index contributed by atoms with van der Waals surface area (Å²) >= 11 is 0. The summed E-state index contributed by atoms with van der Waals surface area (Å²) in [5.41, 5.74) is 0.599. The molecule has 7 nitrogen and oxygen atoms in total. The molecule has 2 amide bonds. The number of morpholine rings is 1. The summed E-state index contributed by atoms with van der Waals surface area (Å²) in [6, 6.07) is 6.77. The zero-order valence-electron chi connectivity index (χ0n) is 13.3. The van der Waals surface area contributed by atoms with Crippen LogP contribution in [0.25, 0.3) is 0 Å². The quantitative estimate of drug-likeness (QED) is 0.895. The Bertz CT molecular complexity index is 533. The molecule has 1 heterocycles. The van der Waals surface area contributed by atoms with E-state index in [0.717, 1.165) is 13.1 Å². The summed E-state index contributed by atoms with van der Waals surface area (Å²) in [5, 5.41) is 2.81. The fraction of sp³-hybridized carbons (Fsp3) is 0.467. The first-order valence-electron chi connectivity index (χ1n) is 7.14. The van der Waals surface area contributed by atoms with Crippen molar-refractivity contribution in [3.63, 3.8) is 0 Å². The van der Waals surface area contributed by atoms with E-state index in [1.54, 1.807) is 38.4 Å². The number of carbonyl (C=O) groups is 2. The lowest BCUT2D eigenvalue weighted by Gasteiger charge is -2.25. The summed E-state index contributed by atoms with van der Waals surface area (Å²) in [6.45, 7) is 3.15. The van der Waals surface area contributed by atoms with Gasteiger partial charge in [0.15, 0.2) is 0 Å². The summed E-state index contributed by atoms with van der Waals surface area (Å²) in [6.07, 6.45) is -0.461. The van der Waals surface area contributed by atoms with Crippen LogP contribution in [0.5, 0.6) is 5.75 Å². The molecule has 128 valence electrons. The number of hydrogen-bond acceptors (Lipinski definition) is 5. The summed E-state index contributed by atoms with van der Waals surface area (Å²) in [7, 11) is 3.21. The van der Waals surface area contributed by atoms with Crippen molar-refractivity contribution in [3.05, 3.63) is 24.3 Å². The van der Waals surface area contributed by atoms with Crippen LogP contribution in [-0.2, 0) is 9.53 Å². The number of hydrogen-bond donors (Lipinski definition) is 1. The average molecular weight is 344 g/mol. The third-order valence-electron chi connectivity index (χ3n) is 3.16. The number of carbonyl (C=O) groups excluding carboxylic acids is 2. The SMILES string of the molecule is CN(C)C(=O)Oc1cccc(NC(=O)CN2CCOCC2)c1.Cl. The van der Waals surface area contributed by atoms with Crippen molar-refractivity contribution in [3.8, 4) is 5.75 Å². The number of nitrogens with one attached hydrogen (secondary N) is 1. The maximum absolute atomic E-state index is 12.0. The predicted octanol–water partition coefficient (Wildman–Crippen LogP) is 1.44. The van der Waals surface area contributed by atoms with Crippen LogP contribution in [0.3, 0.4) is 0 Å². The van der Waals surface area contributed by atoms with Gasteiger partial charge in [-0.25, -0.2) is 4.79 Å². The molecule has 0 aliphatic carbocycles. The first kappa shape index (κ1) is 19.2. The maximum atomic E-state index is 12.0. The molecule has 8 heteroatoms. The zero-order valence-corrected chi connectivity index (χ0v) is 14.1. The van der Waals surface area contributed by atoms with E-state index in [0.29, 0.717) is 31.2 Å². The van der Waals surface area contributed by atoms with Gasteiger partial charge in [0, 0.05) is 38.9 Å². The van der Waals surface area contributed by atoms with Crippen molar-refractivity contribution >= 4 is 30.1 Å². The molecule has 1 N–H and O–H groups in total. The molecule has 23 heavy (non-hydrogen) atoms. The van der Waals surface area contributed by atoms with Crippen molar-refractivity contribution in [1.82, 2.24) is 9.80 Å². The van der Waals surface area contributed by atoms with Crippen molar-refractivity contribution < 1.29 is 19.1 Å². The van der Waals surface area contributed by atoms with E-state index in [9.17, 15) is 9.59 Å². The predicted molar refractivity (Wildman–Crippen MR) is 89.3 cm³/mol. The molecule has 0 radical (unpaired) electrons. The minimum absolute atomic E-state index is 0. The van der Waals surface area contributed by atoms with Crippen LogP contribution in [-0.4, -0.2) is 68.7 Å². The second-order valence-corrected chi connectivity index (χ2v) is 5.23. The molecule has 0 aromatic heterocycles. The van der Waals surface area contributed by atoms with Crippen LogP contribution in [0.1, 0.15) is 0 Å². The Labute approximate surface area is 141 Å². The Morgan fingerprint density at radius 3 is 2.65 bits per heavy atom. The lowest BCUT2D eigenvalue weighted by Crippen LogP contribution is -2.41. The number of rotatable bonds is 4. The molecule has 0 atom stereocenters. The van der Waals surface area contributed by atoms with Gasteiger partial charge in [-0.1, -0.05) is 6.07 Å². The third kappa shape index (κ3) is 6.43. The highest BCUT2D eigenvalue weighted by Gasteiger charge is 2.14. The molecule has 1 aliphatic rings. The minimum Gasteiger partial charge on any atom is -0.410 e. The number of anilines is 1. The lowest BCUT2D eigenvalue weighted by atomic mass is 10.3. The van der Waals surface area contributed by atoms with Crippen LogP contribution >= 0.6 is 12.4 Å². The van der Waals surface area contributed by atoms with Crippen LogP contribution in [0.4, 0.5) is 10.5 Å². The monoisotopic (exact) mass is 343 g/mol. The van der Waals surface area contributed by atoms with Crippen LogP contribution in [0.2, 0.25) is 0 Å². The standard InChI is InChI=1S/C15H21N3O4.ClH/c1-17(2)15(20)22-13-5-3-4-12(10-13)16-14(19)11-18-6-8-21-9-7-18;/h3-5,10H,6-9,11H2,1-2H3,(H,16,19);1H. The first-order chi connectivity index (χ1) is 10.5. The van der Waals surface area contributed by atoms with Crippen LogP contribution in [0, 0.1) is 0 Å². The normalized spacial score (nSPS) is 14.5. The Morgan fingerprint density at radius 1 is 1.30 bits per heavy atom. The average Bonchev–Trinajstić information content (AvgIpc) is 2.48. The Morgan fingerprint density at radius 2 is 2.00 bits per heavy atom. The van der Waals surface area contributed by atoms with Gasteiger partial charge in [-0.05, 0) is 12.1 Å². The van der Waals surface area contributed by atoms with Crippen molar-refractivity contribution in [2.24, 2.45) is 0 Å². The number of benzene rings is 1. The Hall–Kier alpha value is -1.83. The van der Waals surface area contributed by atoms with E-state index in [1.165, 1.54) is 4.90 Å². The van der Waals surface area contributed by atoms with Gasteiger partial charge in [0.2, 0.25) is 5.91 Å². The summed E-state index contributed by atoms with van der Waals surface area (Å²) in [5.74, 6) is 0.292. The molecule has 1 aromatic rings. The highest BCUT2D eigenvalue weighted by atomic mass is 35.5. The molecule has 0 unspecified atom stereocenters. The van der Waals surface area contributed by atoms with E-state index in [-0.39, 0.29) is 18.3 Å². The number of nitrogens with zero attached hydrogens (tertiary/aromatic N) is 2. The fourth-order valence-electron chi connectivity index (χ4n) is 1.99. The van der Waals surface area contributed by atoms with Crippen molar-refractivity contribution in [2.75, 3.05) is 52.3 Å². The third-order valence-corrected chi connectivity index (χ3v) is 3.16. The minimum atomic E-state index is -0.461. The summed E-state index contributed by atoms with van der Waals surface area (Å²) in [4.78, 5) is 26.9. The summed E-state index contributed by atoms with van der Waals surface area (Å²) < 4.78 is 10.4. The fourth-order valence-corrected chi connectivity index (χ4v) is 1.99. The molecular weight excluding hydrogens is 322 g/mol. The van der Waals surface area contributed by atoms with E-state index in [1.807, 2.05) is 4.90 Å². The second kappa shape index (κ2) is 9.34. The van der Waals surface area contributed by atoms with E-state index in [4.69, 9.17) is 9.47 Å². The van der Waals surface area contributed by atoms with Gasteiger partial charge in [0.05, 0.1) is 19.8 Å². The van der Waals surface area contributed by atoms with Crippen molar-refractivity contribution in [2.45, 2.75) is 0 Å². The van der Waals surface area contributed by atoms with Crippen molar-refractivity contribution in [1.29, 1.82) is 0 Å². The van der Waals surface area contributed by atoms with Gasteiger partial charge in [0.25, 0.3) is 0 Å². The number of amides is 2. The molecule has 1 saturated heterocycles. The lowest BCUT2D eigenvalue weighted by molar-refractivity contribution is -0.118. The number of halogens is 1. The van der Waals surface area contributed by atoms with E-state index in [2.05, 4.69) is 5.32 Å². The molecule has 0 saturated carbocycles. The molecule has 1 aliphatic heterocycles. The maximum Gasteiger partial charge on any atom is 0.414 e. The van der Waals surface area contributed by atoms with Gasteiger partial charge in [-0.3, -0.25) is 9.69 Å². The first-order valence-corrected chi connectivity index (χ1v) is 7.14. The van der Waals surface area contributed by atoms with Gasteiger partial charge in [-0.2, -0.15) is 0 Å². The van der Waals surface area contributed by atoms with E-state index < -0.39 is 6.09 Å². The largest absolute Gasteiger partial charge is 0.414 e. The Balaban J connectivity index is 0.00000264. The molecule has 2 rings (SSSR count). The smallest absolute Gasteiger partial charge is 0.410 e. The molecular formula is C15H22ClN3O4. The van der Waals surface area contributed by atoms with Crippen LogP contribution in [0.15, 0.2) is 24.3 Å². The van der Waals surface area contributed by atoms with Gasteiger partial charge >= 0.3 is 6.09 Å². The zero-order chi connectivity index (χ0) is 15.9. The highest BCUT2D eigenvalue weighted by Crippen LogP contribution is 2.18. The molecule has 0 bridgehead atoms. The molecule has 0 spiro atoms. The van der Waals surface area contributed by atoms with Gasteiger partial charge < -0.3 is 19.7 Å². The second-order valence-electron chi connectivity index (χ2n) is 5.23. The van der Waals surface area contributed by atoms with Crippen LogP contribution < -0.4 is 10.1 Å². The molecule has 1 fully saturated rings. The Kier molecular flexibility index (Phi) is 7.80. The highest BCUT2D eigenvalue weighted by molar-refractivity contribution is 5.92. The van der Waals surface area contributed by atoms with Gasteiger partial charge in [-0.15, -0.1) is 12.4 Å². The number of ether oxygens (including phenoxy) is 2. The van der Waals surface area contributed by atoms with E-state index >= 15 is 0 Å². The molecule has 1 aromatic carbocycles.